The highest BCUT2D eigenvalue weighted by Crippen LogP contribution is 2.44. The van der Waals surface area contributed by atoms with Gasteiger partial charge >= 0.3 is 18.2 Å². The van der Waals surface area contributed by atoms with Crippen LogP contribution < -0.4 is 15.4 Å². The molecule has 0 fully saturated rings. The summed E-state index contributed by atoms with van der Waals surface area (Å²) in [6.07, 6.45) is -0.619. The van der Waals surface area contributed by atoms with Crippen molar-refractivity contribution in [3.05, 3.63) is 125 Å². The van der Waals surface area contributed by atoms with E-state index in [1.165, 1.54) is 0 Å². The van der Waals surface area contributed by atoms with Crippen LogP contribution in [-0.4, -0.2) is 50.1 Å². The van der Waals surface area contributed by atoms with Crippen molar-refractivity contribution < 1.29 is 33.3 Å². The van der Waals surface area contributed by atoms with E-state index in [0.717, 1.165) is 38.9 Å². The lowest BCUT2D eigenvalue weighted by Crippen LogP contribution is -2.43. The second-order valence-electron chi connectivity index (χ2n) is 13.4. The van der Waals surface area contributed by atoms with E-state index in [-0.39, 0.29) is 18.9 Å². The smallest absolute Gasteiger partial charge is 0.407 e. The predicted octanol–water partition coefficient (Wildman–Crippen LogP) is 8.24. The number of hydrogen-bond donors (Lipinski definition) is 2. The maximum Gasteiger partial charge on any atom is 0.407 e. The number of hydrogen-bond acceptors (Lipinski definition) is 7. The van der Waals surface area contributed by atoms with Crippen LogP contribution >= 0.6 is 0 Å². The first-order valence-electron chi connectivity index (χ1n) is 17.0. The Balaban J connectivity index is 1.29. The minimum absolute atomic E-state index is 0.110. The molecular weight excluding hydrogens is 632 g/mol. The quantitative estimate of drug-likeness (QED) is 0.0832. The molecule has 2 amide bonds. The summed E-state index contributed by atoms with van der Waals surface area (Å²) in [4.78, 5) is 39.4. The Labute approximate surface area is 294 Å². The van der Waals surface area contributed by atoms with Gasteiger partial charge in [0.25, 0.3) is 0 Å². The number of esters is 1. The van der Waals surface area contributed by atoms with E-state index in [2.05, 4.69) is 34.9 Å². The van der Waals surface area contributed by atoms with Gasteiger partial charge < -0.3 is 29.6 Å². The van der Waals surface area contributed by atoms with Gasteiger partial charge in [0, 0.05) is 12.5 Å². The van der Waals surface area contributed by atoms with E-state index in [1.807, 2.05) is 79.7 Å². The van der Waals surface area contributed by atoms with Crippen LogP contribution in [0.1, 0.15) is 79.9 Å². The van der Waals surface area contributed by atoms with Crippen molar-refractivity contribution in [3.63, 3.8) is 0 Å². The second-order valence-corrected chi connectivity index (χ2v) is 13.4. The Morgan fingerprint density at radius 1 is 0.760 bits per heavy atom. The zero-order chi connectivity index (χ0) is 35.7. The predicted molar refractivity (Wildman–Crippen MR) is 192 cm³/mol. The number of carbonyl (C=O) groups excluding carboxylic acids is 3. The lowest BCUT2D eigenvalue weighted by molar-refractivity contribution is -0.150. The van der Waals surface area contributed by atoms with Crippen molar-refractivity contribution in [2.24, 2.45) is 0 Å². The van der Waals surface area contributed by atoms with Crippen molar-refractivity contribution in [1.82, 2.24) is 10.6 Å². The fourth-order valence-corrected chi connectivity index (χ4v) is 6.06. The van der Waals surface area contributed by atoms with Crippen LogP contribution in [0.3, 0.4) is 0 Å². The maximum absolute atomic E-state index is 13.9. The molecule has 0 radical (unpaired) electrons. The number of benzene rings is 4. The number of fused-ring (bicyclic) bond motifs is 3. The fraction of sp³-hybridized carbons (Fsp3) is 0.341. The maximum atomic E-state index is 13.9. The first-order chi connectivity index (χ1) is 24.0. The lowest BCUT2D eigenvalue weighted by Gasteiger charge is -2.24. The second kappa shape index (κ2) is 16.4. The van der Waals surface area contributed by atoms with E-state index in [0.29, 0.717) is 25.1 Å². The monoisotopic (exact) mass is 678 g/mol. The molecule has 5 rings (SSSR count). The third-order valence-electron chi connectivity index (χ3n) is 8.54. The Kier molecular flexibility index (Phi) is 11.8. The van der Waals surface area contributed by atoms with Crippen molar-refractivity contribution >= 4 is 18.2 Å². The number of nitrogens with one attached hydrogen (secondary N) is 2. The third kappa shape index (κ3) is 9.43. The van der Waals surface area contributed by atoms with Gasteiger partial charge in [0.1, 0.15) is 24.0 Å². The van der Waals surface area contributed by atoms with Gasteiger partial charge in [-0.25, -0.2) is 14.4 Å². The van der Waals surface area contributed by atoms with Crippen molar-refractivity contribution in [2.75, 3.05) is 20.3 Å². The summed E-state index contributed by atoms with van der Waals surface area (Å²) >= 11 is 0. The SMILES string of the molecule is COc1ccc(C(OC(=O)[C@H](CCCCNC(=O)OC(C)(C)C)NC(=O)OCC2c3ccccc3-c3ccccc32)c2ccc(C)cc2)cc1. The van der Waals surface area contributed by atoms with Crippen LogP contribution in [0.5, 0.6) is 5.75 Å². The molecule has 0 aliphatic heterocycles. The van der Waals surface area contributed by atoms with Gasteiger partial charge in [-0.05, 0) is 92.5 Å². The Morgan fingerprint density at radius 2 is 1.34 bits per heavy atom. The van der Waals surface area contributed by atoms with Crippen LogP contribution in [0.2, 0.25) is 0 Å². The number of methoxy groups -OCH3 is 1. The first-order valence-corrected chi connectivity index (χ1v) is 17.0. The van der Waals surface area contributed by atoms with Gasteiger partial charge in [-0.15, -0.1) is 0 Å². The van der Waals surface area contributed by atoms with Gasteiger partial charge in [0.05, 0.1) is 7.11 Å². The summed E-state index contributed by atoms with van der Waals surface area (Å²) in [6.45, 7) is 7.84. The van der Waals surface area contributed by atoms with Gasteiger partial charge in [0.2, 0.25) is 0 Å². The number of ether oxygens (including phenoxy) is 4. The molecule has 0 bridgehead atoms. The average molecular weight is 679 g/mol. The number of aryl methyl sites for hydroxylation is 1. The Morgan fingerprint density at radius 3 is 1.92 bits per heavy atom. The minimum atomic E-state index is -1.00. The molecular formula is C41H46N2O7. The number of carbonyl (C=O) groups is 3. The molecule has 0 saturated carbocycles. The fourth-order valence-electron chi connectivity index (χ4n) is 6.06. The topological polar surface area (TPSA) is 112 Å². The molecule has 1 aliphatic rings. The zero-order valence-corrected chi connectivity index (χ0v) is 29.4. The van der Waals surface area contributed by atoms with Gasteiger partial charge in [-0.2, -0.15) is 0 Å². The molecule has 1 aliphatic carbocycles. The summed E-state index contributed by atoms with van der Waals surface area (Å²) in [6, 6.07) is 30.3. The van der Waals surface area contributed by atoms with E-state index < -0.39 is 35.9 Å². The molecule has 0 saturated heterocycles. The molecule has 9 nitrogen and oxygen atoms in total. The van der Waals surface area contributed by atoms with Crippen LogP contribution in [0.15, 0.2) is 97.1 Å². The molecule has 0 heterocycles. The molecule has 2 N–H and O–H groups in total. The Hall–Kier alpha value is -5.31. The van der Waals surface area contributed by atoms with Crippen LogP contribution in [-0.2, 0) is 19.0 Å². The number of unbranched alkanes of at least 4 members (excludes halogenated alkanes) is 1. The number of alkyl carbamates (subject to hydrolysis) is 2. The molecule has 2 atom stereocenters. The summed E-state index contributed by atoms with van der Waals surface area (Å²) in [5.41, 5.74) is 6.44. The highest BCUT2D eigenvalue weighted by Gasteiger charge is 2.31. The highest BCUT2D eigenvalue weighted by molar-refractivity contribution is 5.82. The molecule has 4 aromatic carbocycles. The summed E-state index contributed by atoms with van der Waals surface area (Å²) in [5.74, 6) is -0.0454. The van der Waals surface area contributed by atoms with Gasteiger partial charge in [-0.3, -0.25) is 0 Å². The minimum Gasteiger partial charge on any atom is -0.497 e. The summed E-state index contributed by atoms with van der Waals surface area (Å²) in [7, 11) is 1.59. The van der Waals surface area contributed by atoms with Gasteiger partial charge in [0.15, 0.2) is 6.10 Å². The Bertz CT molecular complexity index is 1720. The van der Waals surface area contributed by atoms with Crippen LogP contribution in [0, 0.1) is 6.92 Å². The molecule has 9 heteroatoms. The number of rotatable bonds is 13. The molecule has 4 aromatic rings. The van der Waals surface area contributed by atoms with E-state index >= 15 is 0 Å². The number of amides is 2. The normalized spacial score (nSPS) is 13.3. The standard InChI is InChI=1S/C41H46N2O7/c1-27-17-19-28(20-18-27)37(29-21-23-30(47-5)24-22-29)49-38(44)36(16-10-11-25-42-39(45)50-41(2,3)4)43-40(46)48-26-35-33-14-8-6-12-31(33)32-13-7-9-15-34(32)35/h6-9,12-15,17-24,35-37H,10-11,16,25-26H2,1-5H3,(H,42,45)(H,43,46)/t36-,37?/m0/s1. The molecule has 0 aromatic heterocycles. The largest absolute Gasteiger partial charge is 0.497 e. The molecule has 0 spiro atoms. The van der Waals surface area contributed by atoms with E-state index in [1.54, 1.807) is 27.9 Å². The van der Waals surface area contributed by atoms with Crippen LogP contribution in [0.25, 0.3) is 11.1 Å². The van der Waals surface area contributed by atoms with E-state index in [9.17, 15) is 14.4 Å². The highest BCUT2D eigenvalue weighted by atomic mass is 16.6. The van der Waals surface area contributed by atoms with Gasteiger partial charge in [-0.1, -0.05) is 90.5 Å². The van der Waals surface area contributed by atoms with Crippen molar-refractivity contribution in [3.8, 4) is 16.9 Å². The summed E-state index contributed by atoms with van der Waals surface area (Å²) in [5, 5.41) is 5.53. The summed E-state index contributed by atoms with van der Waals surface area (Å²) < 4.78 is 22.6. The van der Waals surface area contributed by atoms with Crippen molar-refractivity contribution in [1.29, 1.82) is 0 Å². The lowest BCUT2D eigenvalue weighted by atomic mass is 9.98. The zero-order valence-electron chi connectivity index (χ0n) is 29.4. The average Bonchev–Trinajstić information content (AvgIpc) is 3.42. The van der Waals surface area contributed by atoms with E-state index in [4.69, 9.17) is 18.9 Å². The van der Waals surface area contributed by atoms with Crippen molar-refractivity contribution in [2.45, 2.75) is 70.6 Å². The molecule has 262 valence electrons. The molecule has 50 heavy (non-hydrogen) atoms. The van der Waals surface area contributed by atoms with Crippen LogP contribution in [0.4, 0.5) is 9.59 Å². The third-order valence-corrected chi connectivity index (χ3v) is 8.54. The molecule has 1 unspecified atom stereocenters. The first kappa shape index (κ1) is 36.0.